The van der Waals surface area contributed by atoms with Gasteiger partial charge in [-0.3, -0.25) is 14.4 Å². The first-order valence-corrected chi connectivity index (χ1v) is 9.29. The van der Waals surface area contributed by atoms with E-state index in [9.17, 15) is 19.5 Å². The highest BCUT2D eigenvalue weighted by atomic mass is 32.1. The number of Topliss-reactive ketones (excluding diaryl/α,β-unsaturated/α-hetero) is 1. The van der Waals surface area contributed by atoms with E-state index in [1.807, 2.05) is 0 Å². The second-order valence-corrected chi connectivity index (χ2v) is 7.01. The zero-order valence-corrected chi connectivity index (χ0v) is 14.4. The maximum Gasteiger partial charge on any atom is 0.293 e. The lowest BCUT2D eigenvalue weighted by Gasteiger charge is -2.23. The molecule has 7 heteroatoms. The van der Waals surface area contributed by atoms with Gasteiger partial charge in [0.15, 0.2) is 0 Å². The van der Waals surface area contributed by atoms with E-state index in [2.05, 4.69) is 10.6 Å². The smallest absolute Gasteiger partial charge is 0.293 e. The lowest BCUT2D eigenvalue weighted by molar-refractivity contribution is -0.128. The van der Waals surface area contributed by atoms with Crippen molar-refractivity contribution < 1.29 is 19.5 Å². The largest absolute Gasteiger partial charge is 0.394 e. The number of nitrogens with one attached hydrogen (secondary N) is 2. The number of carbonyl (C=O) groups is 3. The third-order valence-corrected chi connectivity index (χ3v) is 5.08. The molecule has 1 heterocycles. The summed E-state index contributed by atoms with van der Waals surface area (Å²) in [5.74, 6) is -2.00. The molecule has 0 saturated heterocycles. The van der Waals surface area contributed by atoms with Gasteiger partial charge in [0.25, 0.3) is 11.7 Å². The van der Waals surface area contributed by atoms with Crippen molar-refractivity contribution in [1.29, 1.82) is 0 Å². The summed E-state index contributed by atoms with van der Waals surface area (Å²) in [6, 6.07) is 2.19. The van der Waals surface area contributed by atoms with Gasteiger partial charge in [0.1, 0.15) is 6.04 Å². The highest BCUT2D eigenvalue weighted by Gasteiger charge is 2.26. The van der Waals surface area contributed by atoms with Crippen LogP contribution in [0.3, 0.4) is 0 Å². The Morgan fingerprint density at radius 2 is 1.83 bits per heavy atom. The zero-order valence-electron chi connectivity index (χ0n) is 13.6. The summed E-state index contributed by atoms with van der Waals surface area (Å²) in [5.41, 5.74) is 0. The van der Waals surface area contributed by atoms with Crippen LogP contribution in [0.5, 0.6) is 0 Å². The Balaban J connectivity index is 1.88. The molecule has 0 radical (unpaired) electrons. The second-order valence-electron chi connectivity index (χ2n) is 6.07. The fourth-order valence-electron chi connectivity index (χ4n) is 2.84. The average molecular weight is 352 g/mol. The second kappa shape index (κ2) is 9.54. The molecule has 1 aliphatic carbocycles. The summed E-state index contributed by atoms with van der Waals surface area (Å²) in [6.07, 6.45) is 7.53. The number of hydrogen-bond donors (Lipinski definition) is 3. The van der Waals surface area contributed by atoms with Crippen LogP contribution in [0.2, 0.25) is 0 Å². The minimum Gasteiger partial charge on any atom is -0.394 e. The summed E-state index contributed by atoms with van der Waals surface area (Å²) in [7, 11) is 0. The van der Waals surface area contributed by atoms with Crippen LogP contribution in [-0.2, 0) is 9.59 Å². The number of aliphatic hydroxyl groups is 1. The zero-order chi connectivity index (χ0) is 17.4. The number of hydrogen-bond acceptors (Lipinski definition) is 5. The molecule has 1 aromatic rings. The fourth-order valence-corrected chi connectivity index (χ4v) is 3.50. The third-order valence-electron chi connectivity index (χ3n) is 4.21. The van der Waals surface area contributed by atoms with Crippen LogP contribution in [-0.4, -0.2) is 41.4 Å². The number of amides is 2. The van der Waals surface area contributed by atoms with Crippen molar-refractivity contribution in [1.82, 2.24) is 10.6 Å². The van der Waals surface area contributed by atoms with E-state index in [0.29, 0.717) is 4.88 Å². The Labute approximate surface area is 145 Å². The number of aliphatic hydroxyl groups excluding tert-OH is 1. The van der Waals surface area contributed by atoms with Gasteiger partial charge in [-0.1, -0.05) is 38.2 Å². The van der Waals surface area contributed by atoms with Gasteiger partial charge in [-0.2, -0.15) is 0 Å². The molecule has 1 unspecified atom stereocenters. The molecule has 0 aliphatic heterocycles. The van der Waals surface area contributed by atoms with E-state index < -0.39 is 30.2 Å². The molecule has 3 N–H and O–H groups in total. The first kappa shape index (κ1) is 18.6. The van der Waals surface area contributed by atoms with Crippen molar-refractivity contribution in [2.75, 3.05) is 6.61 Å². The highest BCUT2D eigenvalue weighted by Crippen LogP contribution is 2.17. The topological polar surface area (TPSA) is 95.5 Å². The van der Waals surface area contributed by atoms with Crippen LogP contribution in [0.4, 0.5) is 0 Å². The first-order chi connectivity index (χ1) is 11.6. The van der Waals surface area contributed by atoms with Gasteiger partial charge >= 0.3 is 0 Å². The molecule has 24 heavy (non-hydrogen) atoms. The quantitative estimate of drug-likeness (QED) is 0.536. The molecule has 1 saturated carbocycles. The average Bonchev–Trinajstić information content (AvgIpc) is 3.08. The van der Waals surface area contributed by atoms with E-state index in [0.717, 1.165) is 37.0 Å². The molecular weight excluding hydrogens is 328 g/mol. The summed E-state index contributed by atoms with van der Waals surface area (Å²) in [6.45, 7) is -0.540. The highest BCUT2D eigenvalue weighted by molar-refractivity contribution is 7.13. The van der Waals surface area contributed by atoms with Crippen molar-refractivity contribution in [3.05, 3.63) is 22.4 Å². The van der Waals surface area contributed by atoms with Crippen LogP contribution in [0.15, 0.2) is 17.5 Å². The lowest BCUT2D eigenvalue weighted by Crippen LogP contribution is -2.52. The SMILES string of the molecule is O=C(NC(CO)C(=O)NC1CCCCCCC1)C(=O)c1cccs1. The monoisotopic (exact) mass is 352 g/mol. The molecule has 0 spiro atoms. The Morgan fingerprint density at radius 1 is 1.17 bits per heavy atom. The number of carbonyl (C=O) groups excluding carboxylic acids is 3. The van der Waals surface area contributed by atoms with Gasteiger partial charge in [-0.15, -0.1) is 11.3 Å². The summed E-state index contributed by atoms with van der Waals surface area (Å²) >= 11 is 1.16. The van der Waals surface area contributed by atoms with Crippen LogP contribution in [0.25, 0.3) is 0 Å². The summed E-state index contributed by atoms with van der Waals surface area (Å²) < 4.78 is 0. The Kier molecular flexibility index (Phi) is 7.39. The minimum atomic E-state index is -1.10. The molecule has 2 rings (SSSR count). The van der Waals surface area contributed by atoms with Crippen LogP contribution >= 0.6 is 11.3 Å². The predicted molar refractivity (Wildman–Crippen MR) is 91.9 cm³/mol. The molecule has 2 amide bonds. The van der Waals surface area contributed by atoms with Crippen molar-refractivity contribution in [3.8, 4) is 0 Å². The van der Waals surface area contributed by atoms with Crippen LogP contribution in [0, 0.1) is 0 Å². The maximum absolute atomic E-state index is 12.3. The molecule has 0 bridgehead atoms. The Hall–Kier alpha value is -1.73. The van der Waals surface area contributed by atoms with Gasteiger partial charge in [0.2, 0.25) is 5.91 Å². The van der Waals surface area contributed by atoms with E-state index in [4.69, 9.17) is 0 Å². The first-order valence-electron chi connectivity index (χ1n) is 8.41. The van der Waals surface area contributed by atoms with E-state index in [1.54, 1.807) is 17.5 Å². The molecular formula is C17H24N2O4S. The van der Waals surface area contributed by atoms with Crippen LogP contribution < -0.4 is 10.6 Å². The third kappa shape index (κ3) is 5.42. The van der Waals surface area contributed by atoms with E-state index >= 15 is 0 Å². The van der Waals surface area contributed by atoms with E-state index in [-0.39, 0.29) is 6.04 Å². The number of ketones is 1. The van der Waals surface area contributed by atoms with Crippen molar-refractivity contribution >= 4 is 28.9 Å². The molecule has 1 aliphatic rings. The van der Waals surface area contributed by atoms with Crippen molar-refractivity contribution in [2.24, 2.45) is 0 Å². The molecule has 1 fully saturated rings. The van der Waals surface area contributed by atoms with Gasteiger partial charge in [0.05, 0.1) is 11.5 Å². The van der Waals surface area contributed by atoms with Gasteiger partial charge in [0, 0.05) is 6.04 Å². The van der Waals surface area contributed by atoms with Crippen molar-refractivity contribution in [2.45, 2.75) is 57.0 Å². The molecule has 132 valence electrons. The van der Waals surface area contributed by atoms with Gasteiger partial charge in [-0.05, 0) is 24.3 Å². The predicted octanol–water partition coefficient (Wildman–Crippen LogP) is 1.64. The van der Waals surface area contributed by atoms with Gasteiger partial charge in [-0.25, -0.2) is 0 Å². The lowest BCUT2D eigenvalue weighted by atomic mass is 9.96. The molecule has 6 nitrogen and oxygen atoms in total. The maximum atomic E-state index is 12.3. The van der Waals surface area contributed by atoms with Gasteiger partial charge < -0.3 is 15.7 Å². The molecule has 1 aromatic heterocycles. The summed E-state index contributed by atoms with van der Waals surface area (Å²) in [5, 5.41) is 16.3. The standard InChI is InChI=1S/C17H24N2O4S/c20-11-13(19-17(23)15(21)14-9-6-10-24-14)16(22)18-12-7-4-2-1-3-5-8-12/h6,9-10,12-13,20H,1-5,7-8,11H2,(H,18,22)(H,19,23). The summed E-state index contributed by atoms with van der Waals surface area (Å²) in [4.78, 5) is 36.5. The van der Waals surface area contributed by atoms with Crippen LogP contribution in [0.1, 0.15) is 54.6 Å². The van der Waals surface area contributed by atoms with Crippen molar-refractivity contribution in [3.63, 3.8) is 0 Å². The van der Waals surface area contributed by atoms with E-state index in [1.165, 1.54) is 19.3 Å². The Bertz CT molecular complexity index is 551. The normalized spacial score (nSPS) is 17.4. The fraction of sp³-hybridized carbons (Fsp3) is 0.588. The minimum absolute atomic E-state index is 0.0664. The molecule has 0 aromatic carbocycles. The Morgan fingerprint density at radius 3 is 2.42 bits per heavy atom. The number of rotatable bonds is 6. The number of thiophene rings is 1. The molecule has 1 atom stereocenters.